The Labute approximate surface area is 210 Å². The molecule has 2 aliphatic heterocycles. The van der Waals surface area contributed by atoms with Crippen molar-refractivity contribution in [2.24, 2.45) is 0 Å². The van der Waals surface area contributed by atoms with Gasteiger partial charge in [-0.15, -0.1) is 0 Å². The summed E-state index contributed by atoms with van der Waals surface area (Å²) in [6, 6.07) is 12.1. The van der Waals surface area contributed by atoms with Crippen molar-refractivity contribution in [3.63, 3.8) is 0 Å². The molecule has 0 bridgehead atoms. The number of benzene rings is 1. The lowest BCUT2D eigenvalue weighted by atomic mass is 9.96. The van der Waals surface area contributed by atoms with E-state index in [0.717, 1.165) is 56.8 Å². The van der Waals surface area contributed by atoms with Crippen LogP contribution in [0.25, 0.3) is 0 Å². The number of aromatic nitrogens is 1. The molecule has 1 aliphatic carbocycles. The molecule has 35 heavy (non-hydrogen) atoms. The molecule has 3 heterocycles. The molecular formula is C29H42N4O2. The Morgan fingerprint density at radius 2 is 1.91 bits per heavy atom. The van der Waals surface area contributed by atoms with Gasteiger partial charge < -0.3 is 15.7 Å². The third kappa shape index (κ3) is 7.28. The lowest BCUT2D eigenvalue weighted by Gasteiger charge is -2.26. The summed E-state index contributed by atoms with van der Waals surface area (Å²) in [5.74, 6) is 1.03. The van der Waals surface area contributed by atoms with Crippen molar-refractivity contribution in [1.29, 1.82) is 0 Å². The molecule has 1 unspecified atom stereocenters. The van der Waals surface area contributed by atoms with Crippen molar-refractivity contribution in [2.45, 2.75) is 76.2 Å². The minimum atomic E-state index is -0.704. The topological polar surface area (TPSA) is 77.5 Å². The first-order valence-electron chi connectivity index (χ1n) is 13.6. The van der Waals surface area contributed by atoms with Crippen molar-refractivity contribution in [2.75, 3.05) is 38.5 Å². The summed E-state index contributed by atoms with van der Waals surface area (Å²) in [5, 5.41) is 16.1. The van der Waals surface area contributed by atoms with Gasteiger partial charge >= 0.3 is 5.97 Å². The predicted octanol–water partition coefficient (Wildman–Crippen LogP) is 5.16. The maximum Gasteiger partial charge on any atom is 0.325 e. The van der Waals surface area contributed by atoms with Crippen molar-refractivity contribution >= 4 is 11.8 Å². The van der Waals surface area contributed by atoms with Crippen LogP contribution in [0.3, 0.4) is 0 Å². The number of carboxylic acid groups (broad SMARTS) is 1. The Bertz CT molecular complexity index is 953. The van der Waals surface area contributed by atoms with E-state index >= 15 is 0 Å². The largest absolute Gasteiger partial charge is 0.480 e. The summed E-state index contributed by atoms with van der Waals surface area (Å²) in [4.78, 5) is 18.5. The minimum absolute atomic E-state index is 0.440. The SMILES string of the molecule is CNCCCCCc1ccc2c(n1)NCCC2.O=C(O)C(c1ccccc1C1CC1)N1CCCC1. The van der Waals surface area contributed by atoms with Gasteiger partial charge in [-0.05, 0) is 113 Å². The van der Waals surface area contributed by atoms with Gasteiger partial charge in [-0.25, -0.2) is 4.98 Å². The zero-order chi connectivity index (χ0) is 24.5. The van der Waals surface area contributed by atoms with Crippen LogP contribution in [-0.2, 0) is 17.6 Å². The Morgan fingerprint density at radius 1 is 1.11 bits per heavy atom. The molecule has 0 radical (unpaired) electrons. The van der Waals surface area contributed by atoms with E-state index in [1.807, 2.05) is 25.2 Å². The molecule has 2 aromatic rings. The number of aliphatic carboxylic acids is 1. The van der Waals surface area contributed by atoms with Gasteiger partial charge in [0.2, 0.25) is 0 Å². The molecule has 3 N–H and O–H groups in total. The van der Waals surface area contributed by atoms with Crippen LogP contribution < -0.4 is 10.6 Å². The molecule has 0 spiro atoms. The molecule has 1 saturated heterocycles. The van der Waals surface area contributed by atoms with Crippen LogP contribution in [0.5, 0.6) is 0 Å². The Hall–Kier alpha value is -2.44. The number of rotatable bonds is 10. The van der Waals surface area contributed by atoms with Crippen LogP contribution in [0.15, 0.2) is 36.4 Å². The fraction of sp³-hybridized carbons (Fsp3) is 0.586. The van der Waals surface area contributed by atoms with Crippen LogP contribution >= 0.6 is 0 Å². The van der Waals surface area contributed by atoms with E-state index in [0.29, 0.717) is 5.92 Å². The van der Waals surface area contributed by atoms with E-state index in [1.165, 1.54) is 61.8 Å². The Morgan fingerprint density at radius 3 is 2.66 bits per heavy atom. The number of hydrogen-bond acceptors (Lipinski definition) is 5. The van der Waals surface area contributed by atoms with E-state index in [9.17, 15) is 9.90 Å². The molecule has 6 heteroatoms. The Kier molecular flexibility index (Phi) is 9.55. The monoisotopic (exact) mass is 478 g/mol. The first-order chi connectivity index (χ1) is 17.2. The van der Waals surface area contributed by atoms with Crippen molar-refractivity contribution < 1.29 is 9.90 Å². The molecule has 6 nitrogen and oxygen atoms in total. The number of hydrogen-bond donors (Lipinski definition) is 3. The van der Waals surface area contributed by atoms with E-state index in [1.54, 1.807) is 0 Å². The first kappa shape index (κ1) is 25.6. The third-order valence-electron chi connectivity index (χ3n) is 7.36. The van der Waals surface area contributed by atoms with Gasteiger partial charge in [-0.1, -0.05) is 36.8 Å². The maximum absolute atomic E-state index is 11.6. The van der Waals surface area contributed by atoms with Gasteiger partial charge in [-0.2, -0.15) is 0 Å². The van der Waals surface area contributed by atoms with Crippen LogP contribution in [0.4, 0.5) is 5.82 Å². The second-order valence-electron chi connectivity index (χ2n) is 10.1. The number of aryl methyl sites for hydroxylation is 2. The summed E-state index contributed by atoms with van der Waals surface area (Å²) in [6.07, 6.45) is 12.0. The summed E-state index contributed by atoms with van der Waals surface area (Å²) in [5.41, 5.74) is 4.91. The fourth-order valence-electron chi connectivity index (χ4n) is 5.30. The summed E-state index contributed by atoms with van der Waals surface area (Å²) < 4.78 is 0. The standard InChI is InChI=1S/C15H19NO2.C14H23N3/c17-15(18)14(16-9-3-4-10-16)13-6-2-1-5-12(13)11-7-8-11;1-15-10-4-2-3-7-13-9-8-12-6-5-11-16-14(12)17-13/h1-2,5-6,11,14H,3-4,7-10H2,(H,17,18);8-9,15H,2-7,10-11H2,1H3,(H,16,17). The van der Waals surface area contributed by atoms with E-state index in [4.69, 9.17) is 4.98 Å². The molecular weight excluding hydrogens is 436 g/mol. The molecule has 0 amide bonds. The molecule has 190 valence electrons. The van der Waals surface area contributed by atoms with Crippen LogP contribution in [0.2, 0.25) is 0 Å². The fourth-order valence-corrected chi connectivity index (χ4v) is 5.30. The second-order valence-corrected chi connectivity index (χ2v) is 10.1. The number of nitrogens with one attached hydrogen (secondary N) is 2. The number of carboxylic acids is 1. The average molecular weight is 479 g/mol. The molecule has 2 fully saturated rings. The van der Waals surface area contributed by atoms with Crippen LogP contribution in [0.1, 0.15) is 85.7 Å². The molecule has 1 aromatic heterocycles. The molecule has 5 rings (SSSR count). The highest BCUT2D eigenvalue weighted by molar-refractivity contribution is 5.76. The number of fused-ring (bicyclic) bond motifs is 1. The normalized spacial score (nSPS) is 18.2. The highest BCUT2D eigenvalue weighted by Gasteiger charge is 2.34. The molecule has 1 aromatic carbocycles. The smallest absolute Gasteiger partial charge is 0.325 e. The van der Waals surface area contributed by atoms with Crippen molar-refractivity contribution in [3.05, 3.63) is 58.8 Å². The number of pyridine rings is 1. The highest BCUT2D eigenvalue weighted by atomic mass is 16.4. The van der Waals surface area contributed by atoms with Gasteiger partial charge in [0.1, 0.15) is 11.9 Å². The lowest BCUT2D eigenvalue weighted by molar-refractivity contribution is -0.143. The predicted molar refractivity (Wildman–Crippen MR) is 142 cm³/mol. The van der Waals surface area contributed by atoms with Gasteiger partial charge in [0.15, 0.2) is 0 Å². The molecule has 1 saturated carbocycles. The van der Waals surface area contributed by atoms with Gasteiger partial charge in [-0.3, -0.25) is 9.69 Å². The number of unbranched alkanes of at least 4 members (excludes halogenated alkanes) is 2. The second kappa shape index (κ2) is 13.0. The van der Waals surface area contributed by atoms with Crippen molar-refractivity contribution in [3.8, 4) is 0 Å². The van der Waals surface area contributed by atoms with E-state index in [-0.39, 0.29) is 0 Å². The molecule has 3 aliphatic rings. The quantitative estimate of drug-likeness (QED) is 0.410. The van der Waals surface area contributed by atoms with Crippen LogP contribution in [-0.4, -0.2) is 54.2 Å². The van der Waals surface area contributed by atoms with E-state index in [2.05, 4.69) is 33.7 Å². The van der Waals surface area contributed by atoms with Crippen LogP contribution in [0, 0.1) is 0 Å². The number of anilines is 1. The van der Waals surface area contributed by atoms with Gasteiger partial charge in [0.25, 0.3) is 0 Å². The third-order valence-corrected chi connectivity index (χ3v) is 7.36. The summed E-state index contributed by atoms with van der Waals surface area (Å²) in [6.45, 7) is 4.02. The van der Waals surface area contributed by atoms with Gasteiger partial charge in [0, 0.05) is 12.2 Å². The zero-order valence-electron chi connectivity index (χ0n) is 21.3. The zero-order valence-corrected chi connectivity index (χ0v) is 21.3. The Balaban J connectivity index is 0.000000165. The molecule has 1 atom stereocenters. The number of carbonyl (C=O) groups is 1. The number of nitrogens with zero attached hydrogens (tertiary/aromatic N) is 2. The van der Waals surface area contributed by atoms with E-state index < -0.39 is 12.0 Å². The lowest BCUT2D eigenvalue weighted by Crippen LogP contribution is -2.32. The average Bonchev–Trinajstić information content (AvgIpc) is 3.59. The first-order valence-corrected chi connectivity index (χ1v) is 13.6. The minimum Gasteiger partial charge on any atom is -0.480 e. The summed E-state index contributed by atoms with van der Waals surface area (Å²) >= 11 is 0. The highest BCUT2D eigenvalue weighted by Crippen LogP contribution is 2.44. The number of likely N-dealkylation sites (tertiary alicyclic amines) is 1. The summed E-state index contributed by atoms with van der Waals surface area (Å²) in [7, 11) is 2.01. The maximum atomic E-state index is 11.6. The van der Waals surface area contributed by atoms with Gasteiger partial charge in [0.05, 0.1) is 0 Å². The van der Waals surface area contributed by atoms with Crippen molar-refractivity contribution in [1.82, 2.24) is 15.2 Å².